The van der Waals surface area contributed by atoms with Gasteiger partial charge in [0.25, 0.3) is 0 Å². The number of benzene rings is 2. The van der Waals surface area contributed by atoms with Crippen LogP contribution in [0.1, 0.15) is 81.3 Å². The van der Waals surface area contributed by atoms with Crippen molar-refractivity contribution in [1.82, 2.24) is 0 Å². The molecule has 0 saturated carbocycles. The third-order valence-electron chi connectivity index (χ3n) is 6.75. The fraction of sp³-hybridized carbons (Fsp3) is 0.414. The third-order valence-corrected chi connectivity index (χ3v) is 19.3. The maximum atomic E-state index is 2.51. The Balaban J connectivity index is 1.98. The van der Waals surface area contributed by atoms with E-state index in [0.29, 0.717) is 7.35 Å². The Bertz CT molecular complexity index is 1000. The topological polar surface area (TPSA) is 0 Å². The number of fused-ring (bicyclic) bond motifs is 3. The van der Waals surface area contributed by atoms with Crippen LogP contribution >= 0.6 is 0 Å². The van der Waals surface area contributed by atoms with Gasteiger partial charge in [-0.05, 0) is 0 Å². The molecule has 0 N–H and O–H groups in total. The van der Waals surface area contributed by atoms with E-state index < -0.39 is 21.0 Å². The van der Waals surface area contributed by atoms with Crippen LogP contribution in [0, 0.1) is 0 Å². The molecule has 2 aliphatic rings. The quantitative estimate of drug-likeness (QED) is 0.324. The molecule has 0 heterocycles. The fourth-order valence-corrected chi connectivity index (χ4v) is 17.3. The minimum absolute atomic E-state index is 0.168. The first kappa shape index (κ1) is 21.9. The molecular weight excluding hydrogens is 527 g/mol. The molecule has 0 atom stereocenters. The number of allylic oxidation sites excluding steroid dienone is 4. The van der Waals surface area contributed by atoms with E-state index >= 15 is 0 Å². The normalized spacial score (nSPS) is 16.1. The van der Waals surface area contributed by atoms with Gasteiger partial charge in [-0.3, -0.25) is 0 Å². The average Bonchev–Trinajstić information content (AvgIpc) is 3.27. The Hall–Kier alpha value is -1.34. The third kappa shape index (κ3) is 3.83. The van der Waals surface area contributed by atoms with E-state index in [1.165, 1.54) is 22.3 Å². The number of hydrogen-bond donors (Lipinski definition) is 0. The molecule has 0 nitrogen and oxygen atoms in total. The summed E-state index contributed by atoms with van der Waals surface area (Å²) in [4.78, 5) is 0. The first-order valence-electron chi connectivity index (χ1n) is 11.3. The van der Waals surface area contributed by atoms with Crippen molar-refractivity contribution >= 4 is 3.26 Å². The predicted molar refractivity (Wildman–Crippen MR) is 130 cm³/mol. The average molecular weight is 563 g/mol. The summed E-state index contributed by atoms with van der Waals surface area (Å²) in [6.07, 6.45) is 9.47. The molecule has 2 aromatic rings. The van der Waals surface area contributed by atoms with Gasteiger partial charge < -0.3 is 0 Å². The molecule has 0 aliphatic heterocycles. The summed E-state index contributed by atoms with van der Waals surface area (Å²) < 4.78 is 3.05. The van der Waals surface area contributed by atoms with Crippen LogP contribution in [-0.4, -0.2) is 3.26 Å². The van der Waals surface area contributed by atoms with Gasteiger partial charge in [0, 0.05) is 0 Å². The predicted octanol–water partition coefficient (Wildman–Crippen LogP) is 8.10. The molecule has 0 unspecified atom stereocenters. The molecular formula is C29H36Hf. The van der Waals surface area contributed by atoms with Crippen LogP contribution in [-0.2, 0) is 31.8 Å². The summed E-state index contributed by atoms with van der Waals surface area (Å²) in [6.45, 7) is 18.8. The van der Waals surface area contributed by atoms with Gasteiger partial charge >= 0.3 is 192 Å². The number of hydrogen-bond acceptors (Lipinski definition) is 0. The van der Waals surface area contributed by atoms with Crippen LogP contribution in [0.15, 0.2) is 60.7 Å². The molecule has 2 aliphatic carbocycles. The van der Waals surface area contributed by atoms with Crippen LogP contribution in [0.5, 0.6) is 0 Å². The molecule has 2 aromatic carbocycles. The minimum atomic E-state index is -2.19. The molecule has 0 fully saturated rings. The van der Waals surface area contributed by atoms with Crippen molar-refractivity contribution < 1.29 is 21.0 Å². The summed E-state index contributed by atoms with van der Waals surface area (Å²) in [7, 11) is 0. The van der Waals surface area contributed by atoms with Crippen LogP contribution in [0.4, 0.5) is 0 Å². The van der Waals surface area contributed by atoms with E-state index in [9.17, 15) is 0 Å². The summed E-state index contributed by atoms with van der Waals surface area (Å²) in [6, 6.07) is 14.8. The van der Waals surface area contributed by atoms with Crippen LogP contribution < -0.4 is 0 Å². The molecule has 0 aromatic heterocycles. The molecule has 0 saturated heterocycles. The van der Waals surface area contributed by atoms with Crippen LogP contribution in [0.2, 0.25) is 3.67 Å². The Labute approximate surface area is 191 Å². The van der Waals surface area contributed by atoms with Crippen molar-refractivity contribution in [3.63, 3.8) is 0 Å². The Morgan fingerprint density at radius 1 is 0.700 bits per heavy atom. The molecule has 0 bridgehead atoms. The molecule has 0 amide bonds. The van der Waals surface area contributed by atoms with Gasteiger partial charge in [-0.15, -0.1) is 0 Å². The molecule has 4 rings (SSSR count). The Morgan fingerprint density at radius 2 is 1.13 bits per heavy atom. The second-order valence-electron chi connectivity index (χ2n) is 11.3. The molecule has 156 valence electrons. The van der Waals surface area contributed by atoms with Crippen molar-refractivity contribution in [2.24, 2.45) is 0 Å². The zero-order valence-corrected chi connectivity index (χ0v) is 23.5. The molecule has 0 spiro atoms. The summed E-state index contributed by atoms with van der Waals surface area (Å²) in [5.74, 6) is 0. The van der Waals surface area contributed by atoms with Crippen molar-refractivity contribution in [3.8, 4) is 11.1 Å². The van der Waals surface area contributed by atoms with E-state index in [-0.39, 0.29) is 10.8 Å². The van der Waals surface area contributed by atoms with Crippen molar-refractivity contribution in [3.05, 3.63) is 83.0 Å². The van der Waals surface area contributed by atoms with E-state index in [1.54, 1.807) is 14.4 Å². The molecule has 30 heavy (non-hydrogen) atoms. The second kappa shape index (κ2) is 7.66. The SMILES string of the molecule is C[C](C)=[Hf]([CH]1C=CC=C1)[CH]1c2ccc(C(C)(C)C)cc2-c2cc(C(C)(C)C)ccc21. The van der Waals surface area contributed by atoms with Gasteiger partial charge in [-0.1, -0.05) is 0 Å². The first-order valence-corrected chi connectivity index (χ1v) is 17.2. The summed E-state index contributed by atoms with van der Waals surface area (Å²) in [5, 5.41) is 0. The standard InChI is InChI=1S/C21H25.C5H5.C3H6.Hf/c1-20(2,3)16-9-7-14-11-15-8-10-17(21(4,5)6)13-19(15)18(14)12-16;1-2-4-5-3-1;1-3-2;/h7-13H,1-6H3;1-5H;1-2H3;. The first-order chi connectivity index (χ1) is 14.0. The second-order valence-corrected chi connectivity index (χ2v) is 22.6. The number of rotatable bonds is 2. The zero-order valence-electron chi connectivity index (χ0n) is 19.9. The van der Waals surface area contributed by atoms with Gasteiger partial charge in [0.05, 0.1) is 0 Å². The van der Waals surface area contributed by atoms with E-state index in [0.717, 1.165) is 0 Å². The zero-order chi connectivity index (χ0) is 21.8. The monoisotopic (exact) mass is 564 g/mol. The van der Waals surface area contributed by atoms with Crippen molar-refractivity contribution in [2.45, 2.75) is 73.6 Å². The van der Waals surface area contributed by atoms with Crippen molar-refractivity contribution in [2.75, 3.05) is 0 Å². The van der Waals surface area contributed by atoms with Gasteiger partial charge in [0.2, 0.25) is 0 Å². The van der Waals surface area contributed by atoms with Crippen molar-refractivity contribution in [1.29, 1.82) is 0 Å². The summed E-state index contributed by atoms with van der Waals surface area (Å²) >= 11 is -2.19. The van der Waals surface area contributed by atoms with Crippen LogP contribution in [0.3, 0.4) is 0 Å². The van der Waals surface area contributed by atoms with E-state index in [4.69, 9.17) is 0 Å². The van der Waals surface area contributed by atoms with E-state index in [1.807, 2.05) is 0 Å². The fourth-order valence-electron chi connectivity index (χ4n) is 4.97. The Morgan fingerprint density at radius 3 is 1.50 bits per heavy atom. The van der Waals surface area contributed by atoms with Gasteiger partial charge in [-0.25, -0.2) is 0 Å². The van der Waals surface area contributed by atoms with Gasteiger partial charge in [-0.2, -0.15) is 0 Å². The van der Waals surface area contributed by atoms with Gasteiger partial charge in [0.1, 0.15) is 0 Å². The summed E-state index contributed by atoms with van der Waals surface area (Å²) in [5.41, 5.74) is 9.43. The van der Waals surface area contributed by atoms with Crippen LogP contribution in [0.25, 0.3) is 11.1 Å². The Kier molecular flexibility index (Phi) is 5.59. The van der Waals surface area contributed by atoms with E-state index in [2.05, 4.69) is 116 Å². The molecule has 0 radical (unpaired) electrons. The molecule has 1 heteroatoms. The van der Waals surface area contributed by atoms with Gasteiger partial charge in [0.15, 0.2) is 0 Å². The maximum absolute atomic E-state index is 2.51.